The Hall–Kier alpha value is -2.74. The average Bonchev–Trinajstić information content (AvgIpc) is 3.20. The van der Waals surface area contributed by atoms with E-state index in [1.54, 1.807) is 0 Å². The zero-order valence-corrected chi connectivity index (χ0v) is 25.1. The summed E-state index contributed by atoms with van der Waals surface area (Å²) >= 11 is 0. The maximum absolute atomic E-state index is 13.3. The number of fused-ring (bicyclic) bond motifs is 1. The van der Waals surface area contributed by atoms with E-state index in [4.69, 9.17) is 23.7 Å². The molecule has 6 atom stereocenters. The smallest absolute Gasteiger partial charge is 0.338 e. The minimum Gasteiger partial charge on any atom is -0.463 e. The second-order valence-electron chi connectivity index (χ2n) is 12.3. The zero-order valence-electron chi connectivity index (χ0n) is 25.1. The fourth-order valence-corrected chi connectivity index (χ4v) is 6.64. The van der Waals surface area contributed by atoms with E-state index in [0.717, 1.165) is 62.7 Å². The van der Waals surface area contributed by atoms with Crippen molar-refractivity contribution in [3.63, 3.8) is 0 Å². The van der Waals surface area contributed by atoms with Gasteiger partial charge in [0.2, 0.25) is 0 Å². The minimum absolute atomic E-state index is 0.0278. The summed E-state index contributed by atoms with van der Waals surface area (Å²) in [5.74, 6) is 0.282. The number of carbonyl (C=O) groups excluding carboxylic acids is 2. The Morgan fingerprint density at radius 3 is 2.45 bits per heavy atom. The van der Waals surface area contributed by atoms with Gasteiger partial charge in [0.25, 0.3) is 0 Å². The average molecular weight is 579 g/mol. The van der Waals surface area contributed by atoms with E-state index in [1.165, 1.54) is 0 Å². The van der Waals surface area contributed by atoms with Gasteiger partial charge in [-0.05, 0) is 93.9 Å². The van der Waals surface area contributed by atoms with Crippen molar-refractivity contribution in [1.82, 2.24) is 0 Å². The lowest BCUT2D eigenvalue weighted by molar-refractivity contribution is -0.175. The van der Waals surface area contributed by atoms with Crippen LogP contribution in [0.2, 0.25) is 0 Å². The number of hydrogen-bond acceptors (Lipinski definition) is 7. The van der Waals surface area contributed by atoms with Crippen molar-refractivity contribution in [3.8, 4) is 11.1 Å². The number of carbonyl (C=O) groups is 2. The van der Waals surface area contributed by atoms with Gasteiger partial charge in [-0.15, -0.1) is 0 Å². The molecule has 0 spiro atoms. The molecule has 7 nitrogen and oxygen atoms in total. The fourth-order valence-electron chi connectivity index (χ4n) is 6.64. The summed E-state index contributed by atoms with van der Waals surface area (Å²) in [4.78, 5) is 25.3. The van der Waals surface area contributed by atoms with Crippen LogP contribution < -0.4 is 0 Å². The highest BCUT2D eigenvalue weighted by Crippen LogP contribution is 2.43. The van der Waals surface area contributed by atoms with Crippen LogP contribution in [0.25, 0.3) is 11.1 Å². The molecule has 3 aliphatic rings. The number of ether oxygens (including phenoxy) is 5. The first-order valence-electron chi connectivity index (χ1n) is 15.9. The van der Waals surface area contributed by atoms with Gasteiger partial charge in [0.05, 0.1) is 24.4 Å². The Morgan fingerprint density at radius 2 is 1.71 bits per heavy atom. The molecule has 2 aliphatic heterocycles. The van der Waals surface area contributed by atoms with Crippen molar-refractivity contribution in [2.75, 3.05) is 19.8 Å². The molecule has 42 heavy (non-hydrogen) atoms. The highest BCUT2D eigenvalue weighted by atomic mass is 16.7. The van der Waals surface area contributed by atoms with Crippen LogP contribution in [0.1, 0.15) is 82.0 Å². The van der Waals surface area contributed by atoms with Crippen LogP contribution in [0.4, 0.5) is 0 Å². The molecule has 2 heterocycles. The van der Waals surface area contributed by atoms with Crippen LogP contribution >= 0.6 is 0 Å². The number of benzene rings is 2. The molecule has 3 fully saturated rings. The first-order valence-corrected chi connectivity index (χ1v) is 15.9. The standard InChI is InChI=1S/C35H46O7/c1-24(2)41-33(36)12-8-9-25-14-19-29-30(23-40-34-13-6-7-20-38-34)32(21-31(29)39-22-25)42-35(37)28-17-15-27(16-18-28)26-10-4-3-5-11-26/h3-5,10-11,15-18,24-25,29-32,34H,6-9,12-14,19-23H2,1-2H3/t25-,29+,30+,31-,32+,34?/m0/s1. The van der Waals surface area contributed by atoms with E-state index in [1.807, 2.05) is 56.3 Å². The van der Waals surface area contributed by atoms with Gasteiger partial charge in [0, 0.05) is 32.0 Å². The molecular weight excluding hydrogens is 532 g/mol. The quantitative estimate of drug-likeness (QED) is 0.266. The van der Waals surface area contributed by atoms with Crippen LogP contribution in [-0.4, -0.2) is 56.4 Å². The van der Waals surface area contributed by atoms with Gasteiger partial charge in [-0.3, -0.25) is 4.79 Å². The lowest BCUT2D eigenvalue weighted by Crippen LogP contribution is -2.33. The summed E-state index contributed by atoms with van der Waals surface area (Å²) in [5.41, 5.74) is 2.73. The minimum atomic E-state index is -0.304. The van der Waals surface area contributed by atoms with E-state index in [0.29, 0.717) is 37.5 Å². The van der Waals surface area contributed by atoms with Crippen molar-refractivity contribution in [2.24, 2.45) is 17.8 Å². The number of esters is 2. The number of rotatable bonds is 11. The predicted octanol–water partition coefficient (Wildman–Crippen LogP) is 6.98. The molecule has 7 heteroatoms. The van der Waals surface area contributed by atoms with E-state index in [-0.39, 0.29) is 48.4 Å². The van der Waals surface area contributed by atoms with Gasteiger partial charge in [-0.25, -0.2) is 4.79 Å². The highest BCUT2D eigenvalue weighted by Gasteiger charge is 2.47. The van der Waals surface area contributed by atoms with Crippen molar-refractivity contribution in [2.45, 2.75) is 96.2 Å². The Bertz CT molecular complexity index is 1130. The maximum atomic E-state index is 13.3. The van der Waals surface area contributed by atoms with Gasteiger partial charge >= 0.3 is 11.9 Å². The van der Waals surface area contributed by atoms with E-state index < -0.39 is 0 Å². The summed E-state index contributed by atoms with van der Waals surface area (Å²) in [6, 6.07) is 17.8. The summed E-state index contributed by atoms with van der Waals surface area (Å²) in [6.07, 6.45) is 7.46. The monoisotopic (exact) mass is 578 g/mol. The number of hydrogen-bond donors (Lipinski definition) is 0. The van der Waals surface area contributed by atoms with Crippen LogP contribution in [0.15, 0.2) is 54.6 Å². The zero-order chi connectivity index (χ0) is 29.3. The molecule has 1 unspecified atom stereocenters. The Kier molecular flexibility index (Phi) is 11.1. The lowest BCUT2D eigenvalue weighted by Gasteiger charge is -2.29. The molecule has 0 amide bonds. The van der Waals surface area contributed by atoms with Crippen LogP contribution in [0, 0.1) is 17.8 Å². The molecule has 2 aromatic carbocycles. The Morgan fingerprint density at radius 1 is 0.929 bits per heavy atom. The van der Waals surface area contributed by atoms with Crippen molar-refractivity contribution in [1.29, 1.82) is 0 Å². The summed E-state index contributed by atoms with van der Waals surface area (Å²) in [5, 5.41) is 0. The van der Waals surface area contributed by atoms with E-state index in [2.05, 4.69) is 12.1 Å². The van der Waals surface area contributed by atoms with Gasteiger partial charge in [-0.1, -0.05) is 42.5 Å². The topological polar surface area (TPSA) is 80.3 Å². The molecular formula is C35H46O7. The van der Waals surface area contributed by atoms with Crippen molar-refractivity contribution in [3.05, 3.63) is 60.2 Å². The molecule has 1 aliphatic carbocycles. The molecule has 5 rings (SSSR count). The predicted molar refractivity (Wildman–Crippen MR) is 160 cm³/mol. The van der Waals surface area contributed by atoms with Gasteiger partial charge < -0.3 is 23.7 Å². The lowest BCUT2D eigenvalue weighted by atomic mass is 9.87. The SMILES string of the molecule is CC(C)OC(=O)CCC[C@H]1CC[C@@H]2[C@@H](COC3CCCCO3)[C@H](OC(=O)c3ccc(-c4ccccc4)cc3)C[C@@H]2OC1. The summed E-state index contributed by atoms with van der Waals surface area (Å²) < 4.78 is 30.0. The molecule has 1 saturated carbocycles. The highest BCUT2D eigenvalue weighted by molar-refractivity contribution is 5.90. The molecule has 0 N–H and O–H groups in total. The second-order valence-corrected chi connectivity index (χ2v) is 12.3. The van der Waals surface area contributed by atoms with Gasteiger partial charge in [0.1, 0.15) is 6.10 Å². The fraction of sp³-hybridized carbons (Fsp3) is 0.600. The van der Waals surface area contributed by atoms with Crippen LogP contribution in [0.3, 0.4) is 0 Å². The first kappa shape index (κ1) is 30.7. The first-order chi connectivity index (χ1) is 20.5. The molecule has 0 radical (unpaired) electrons. The largest absolute Gasteiger partial charge is 0.463 e. The molecule has 0 bridgehead atoms. The summed E-state index contributed by atoms with van der Waals surface area (Å²) in [7, 11) is 0. The van der Waals surface area contributed by atoms with E-state index in [9.17, 15) is 9.59 Å². The second kappa shape index (κ2) is 15.1. The van der Waals surface area contributed by atoms with E-state index >= 15 is 0 Å². The Balaban J connectivity index is 1.20. The van der Waals surface area contributed by atoms with Crippen molar-refractivity contribution < 1.29 is 33.3 Å². The van der Waals surface area contributed by atoms with Gasteiger partial charge in [-0.2, -0.15) is 0 Å². The van der Waals surface area contributed by atoms with Crippen molar-refractivity contribution >= 4 is 11.9 Å². The molecule has 2 saturated heterocycles. The van der Waals surface area contributed by atoms with Crippen LogP contribution in [-0.2, 0) is 28.5 Å². The molecule has 2 aromatic rings. The van der Waals surface area contributed by atoms with Crippen LogP contribution in [0.5, 0.6) is 0 Å². The molecule has 228 valence electrons. The summed E-state index contributed by atoms with van der Waals surface area (Å²) in [6.45, 7) is 5.65. The third kappa shape index (κ3) is 8.42. The maximum Gasteiger partial charge on any atom is 0.338 e. The normalized spacial score (nSPS) is 27.7. The Labute approximate surface area is 250 Å². The van der Waals surface area contributed by atoms with Gasteiger partial charge in [0.15, 0.2) is 6.29 Å². The molecule has 0 aromatic heterocycles. The third-order valence-electron chi connectivity index (χ3n) is 8.88. The third-order valence-corrected chi connectivity index (χ3v) is 8.88.